The van der Waals surface area contributed by atoms with Gasteiger partial charge in [-0.25, -0.2) is 0 Å². The van der Waals surface area contributed by atoms with E-state index < -0.39 is 5.78 Å². The number of amides is 2. The van der Waals surface area contributed by atoms with Gasteiger partial charge in [0.25, 0.3) is 5.91 Å². The molecule has 2 heterocycles. The number of nitrogens with one attached hydrogen (secondary N) is 1. The van der Waals surface area contributed by atoms with Gasteiger partial charge in [0.2, 0.25) is 5.91 Å². The zero-order valence-corrected chi connectivity index (χ0v) is 19.8. The number of hydrogen-bond acceptors (Lipinski definition) is 7. The fraction of sp³-hybridized carbons (Fsp3) is 0.308. The number of anilines is 3. The highest BCUT2D eigenvalue weighted by atomic mass is 16.5. The molecule has 1 N–H and O–H groups in total. The monoisotopic (exact) mass is 473 g/mol. The van der Waals surface area contributed by atoms with Crippen molar-refractivity contribution in [1.82, 2.24) is 4.90 Å². The standard InChI is InChI=1S/C26H27N5O4/c1-29-21-8-3-4-9-22(21)30(2)25(29)20(17-27)23(32)10-11-24(33)28-19-7-5-6-18(16-19)26(34)31-12-14-35-15-13-31/h3-9,16H,10-15H2,1-2H3,(H,28,33). The van der Waals surface area contributed by atoms with Crippen LogP contribution in [0.5, 0.6) is 0 Å². The lowest BCUT2D eigenvalue weighted by atomic mass is 10.1. The fourth-order valence-corrected chi connectivity index (χ4v) is 4.31. The number of allylic oxidation sites excluding steroid dienone is 1. The van der Waals surface area contributed by atoms with Gasteiger partial charge in [-0.05, 0) is 30.3 Å². The SMILES string of the molecule is CN1C(=C(C#N)C(=O)CCC(=O)Nc2cccc(C(=O)N3CCOCC3)c2)N(C)c2ccccc21. The number of ether oxygens (including phenoxy) is 1. The van der Waals surface area contributed by atoms with E-state index in [4.69, 9.17) is 4.74 Å². The molecule has 35 heavy (non-hydrogen) atoms. The van der Waals surface area contributed by atoms with Gasteiger partial charge in [-0.1, -0.05) is 18.2 Å². The molecule has 1 saturated heterocycles. The summed E-state index contributed by atoms with van der Waals surface area (Å²) in [5.41, 5.74) is 2.76. The van der Waals surface area contributed by atoms with Crippen LogP contribution in [0.2, 0.25) is 0 Å². The zero-order chi connectivity index (χ0) is 24.9. The second kappa shape index (κ2) is 10.4. The maximum atomic E-state index is 12.9. The number of Topliss-reactive ketones (excluding diaryl/α,β-unsaturated/α-hetero) is 1. The minimum atomic E-state index is -0.402. The van der Waals surface area contributed by atoms with Crippen molar-refractivity contribution in [3.63, 3.8) is 0 Å². The summed E-state index contributed by atoms with van der Waals surface area (Å²) >= 11 is 0. The number of rotatable bonds is 6. The smallest absolute Gasteiger partial charge is 0.254 e. The Morgan fingerprint density at radius 3 is 2.26 bits per heavy atom. The Morgan fingerprint density at radius 1 is 0.971 bits per heavy atom. The van der Waals surface area contributed by atoms with Crippen molar-refractivity contribution in [1.29, 1.82) is 5.26 Å². The summed E-state index contributed by atoms with van der Waals surface area (Å²) in [4.78, 5) is 43.5. The van der Waals surface area contributed by atoms with Crippen LogP contribution in [0, 0.1) is 11.3 Å². The van der Waals surface area contributed by atoms with E-state index in [1.54, 1.807) is 43.3 Å². The number of morpholine rings is 1. The molecule has 0 radical (unpaired) electrons. The largest absolute Gasteiger partial charge is 0.378 e. The molecular formula is C26H27N5O4. The third kappa shape index (κ3) is 5.03. The van der Waals surface area contributed by atoms with Gasteiger partial charge >= 0.3 is 0 Å². The Bertz CT molecular complexity index is 1200. The van der Waals surface area contributed by atoms with Crippen LogP contribution in [0.4, 0.5) is 17.1 Å². The van der Waals surface area contributed by atoms with Gasteiger partial charge in [0, 0.05) is 51.3 Å². The summed E-state index contributed by atoms with van der Waals surface area (Å²) in [5.74, 6) is -0.391. The molecule has 2 aromatic rings. The number of nitrogens with zero attached hydrogens (tertiary/aromatic N) is 4. The normalized spacial score (nSPS) is 14.9. The first-order chi connectivity index (χ1) is 16.9. The van der Waals surface area contributed by atoms with Gasteiger partial charge in [-0.15, -0.1) is 0 Å². The molecule has 2 aromatic carbocycles. The van der Waals surface area contributed by atoms with Gasteiger partial charge in [0.05, 0.1) is 24.6 Å². The molecule has 4 rings (SSSR count). The van der Waals surface area contributed by atoms with E-state index in [1.165, 1.54) is 0 Å². The lowest BCUT2D eigenvalue weighted by Gasteiger charge is -2.27. The third-order valence-corrected chi connectivity index (χ3v) is 6.12. The highest BCUT2D eigenvalue weighted by Crippen LogP contribution is 2.40. The van der Waals surface area contributed by atoms with Gasteiger partial charge < -0.3 is 24.8 Å². The average Bonchev–Trinajstić information content (AvgIpc) is 3.13. The van der Waals surface area contributed by atoms with Gasteiger partial charge in [-0.2, -0.15) is 5.26 Å². The summed E-state index contributed by atoms with van der Waals surface area (Å²) in [6.45, 7) is 2.08. The molecule has 9 heteroatoms. The van der Waals surface area contributed by atoms with Gasteiger partial charge in [-0.3, -0.25) is 14.4 Å². The van der Waals surface area contributed by atoms with E-state index in [1.807, 2.05) is 40.1 Å². The molecule has 0 atom stereocenters. The number of fused-ring (bicyclic) bond motifs is 1. The molecular weight excluding hydrogens is 446 g/mol. The maximum Gasteiger partial charge on any atom is 0.254 e. The number of carbonyl (C=O) groups excluding carboxylic acids is 3. The molecule has 1 fully saturated rings. The van der Waals surface area contributed by atoms with Crippen molar-refractivity contribution in [2.45, 2.75) is 12.8 Å². The first-order valence-electron chi connectivity index (χ1n) is 11.4. The van der Waals surface area contributed by atoms with Crippen LogP contribution >= 0.6 is 0 Å². The topological polar surface area (TPSA) is 106 Å². The second-order valence-corrected chi connectivity index (χ2v) is 8.37. The highest BCUT2D eigenvalue weighted by Gasteiger charge is 2.31. The van der Waals surface area contributed by atoms with Crippen LogP contribution in [-0.2, 0) is 14.3 Å². The van der Waals surface area contributed by atoms with E-state index >= 15 is 0 Å². The fourth-order valence-electron chi connectivity index (χ4n) is 4.31. The summed E-state index contributed by atoms with van der Waals surface area (Å²) in [5, 5.41) is 12.5. The number of nitriles is 1. The molecule has 9 nitrogen and oxygen atoms in total. The molecule has 2 amide bonds. The van der Waals surface area contributed by atoms with E-state index in [2.05, 4.69) is 5.32 Å². The van der Waals surface area contributed by atoms with E-state index in [0.29, 0.717) is 43.4 Å². The minimum absolute atomic E-state index is 0.0112. The van der Waals surface area contributed by atoms with Crippen LogP contribution in [0.25, 0.3) is 0 Å². The molecule has 0 aromatic heterocycles. The lowest BCUT2D eigenvalue weighted by molar-refractivity contribution is -0.120. The Kier molecular flexibility index (Phi) is 7.13. The Hall–Kier alpha value is -4.16. The molecule has 0 spiro atoms. The van der Waals surface area contributed by atoms with Crippen molar-refractivity contribution < 1.29 is 19.1 Å². The van der Waals surface area contributed by atoms with Gasteiger partial charge in [0.15, 0.2) is 5.78 Å². The molecule has 0 saturated carbocycles. The summed E-state index contributed by atoms with van der Waals surface area (Å²) in [6.07, 6.45) is -0.193. The number of hydrogen-bond donors (Lipinski definition) is 1. The number of para-hydroxylation sites is 2. The minimum Gasteiger partial charge on any atom is -0.378 e. The quantitative estimate of drug-likeness (QED) is 0.508. The average molecular weight is 474 g/mol. The number of carbonyl (C=O) groups is 3. The predicted molar refractivity (Wildman–Crippen MR) is 132 cm³/mol. The first-order valence-corrected chi connectivity index (χ1v) is 11.4. The molecule has 180 valence electrons. The second-order valence-electron chi connectivity index (χ2n) is 8.37. The molecule has 0 unspecified atom stereocenters. The van der Waals surface area contributed by atoms with Crippen LogP contribution in [0.1, 0.15) is 23.2 Å². The molecule has 2 aliphatic heterocycles. The zero-order valence-electron chi connectivity index (χ0n) is 19.8. The van der Waals surface area contributed by atoms with E-state index in [9.17, 15) is 19.6 Å². The molecule has 2 aliphatic rings. The van der Waals surface area contributed by atoms with Crippen molar-refractivity contribution in [2.24, 2.45) is 0 Å². The Morgan fingerprint density at radius 2 is 1.63 bits per heavy atom. The van der Waals surface area contributed by atoms with Crippen LogP contribution < -0.4 is 15.1 Å². The highest BCUT2D eigenvalue weighted by molar-refractivity contribution is 6.05. The maximum absolute atomic E-state index is 12.9. The summed E-state index contributed by atoms with van der Waals surface area (Å²) < 4.78 is 5.29. The number of benzene rings is 2. The van der Waals surface area contributed by atoms with Crippen molar-refractivity contribution in [3.8, 4) is 6.07 Å². The summed E-state index contributed by atoms with van der Waals surface area (Å²) in [7, 11) is 3.61. The predicted octanol–water partition coefficient (Wildman–Crippen LogP) is 2.77. The molecule has 0 aliphatic carbocycles. The van der Waals surface area contributed by atoms with Crippen molar-refractivity contribution in [3.05, 3.63) is 65.5 Å². The Labute approximate surface area is 204 Å². The number of ketones is 1. The van der Waals surface area contributed by atoms with E-state index in [0.717, 1.165) is 11.4 Å². The Balaban J connectivity index is 1.39. The van der Waals surface area contributed by atoms with E-state index in [-0.39, 0.29) is 30.2 Å². The first kappa shape index (κ1) is 24.0. The van der Waals surface area contributed by atoms with Gasteiger partial charge in [0.1, 0.15) is 17.5 Å². The third-order valence-electron chi connectivity index (χ3n) is 6.12. The van der Waals surface area contributed by atoms with Crippen LogP contribution in [0.3, 0.4) is 0 Å². The van der Waals surface area contributed by atoms with Crippen LogP contribution in [-0.4, -0.2) is 62.9 Å². The molecule has 0 bridgehead atoms. The van der Waals surface area contributed by atoms with Crippen molar-refractivity contribution >= 4 is 34.7 Å². The lowest BCUT2D eigenvalue weighted by Crippen LogP contribution is -2.40. The summed E-state index contributed by atoms with van der Waals surface area (Å²) in [6, 6.07) is 16.4. The van der Waals surface area contributed by atoms with Crippen LogP contribution in [0.15, 0.2) is 59.9 Å². The van der Waals surface area contributed by atoms with Crippen molar-refractivity contribution in [2.75, 3.05) is 55.5 Å².